The van der Waals surface area contributed by atoms with E-state index in [0.717, 1.165) is 29.0 Å². The fraction of sp³-hybridized carbons (Fsp3) is 0.529. The van der Waals surface area contributed by atoms with Gasteiger partial charge < -0.3 is 9.73 Å². The highest BCUT2D eigenvalue weighted by Gasteiger charge is 2.30. The van der Waals surface area contributed by atoms with E-state index in [9.17, 15) is 4.79 Å². The summed E-state index contributed by atoms with van der Waals surface area (Å²) in [6, 6.07) is 4.97. The number of hydrogen-bond acceptors (Lipinski definition) is 5. The molecule has 1 saturated carbocycles. The third kappa shape index (κ3) is 4.42. The van der Waals surface area contributed by atoms with Crippen LogP contribution in [0.5, 0.6) is 0 Å². The normalized spacial score (nSPS) is 14.6. The maximum absolute atomic E-state index is 12.1. The summed E-state index contributed by atoms with van der Waals surface area (Å²) in [6.45, 7) is 6.04. The van der Waals surface area contributed by atoms with E-state index < -0.39 is 0 Å². The van der Waals surface area contributed by atoms with Crippen LogP contribution in [0.15, 0.2) is 28.2 Å². The van der Waals surface area contributed by atoms with Crippen molar-refractivity contribution in [3.05, 3.63) is 29.5 Å². The van der Waals surface area contributed by atoms with E-state index >= 15 is 0 Å². The minimum absolute atomic E-state index is 0.0285. The highest BCUT2D eigenvalue weighted by molar-refractivity contribution is 7.13. The molecule has 23 heavy (non-hydrogen) atoms. The first-order chi connectivity index (χ1) is 11.1. The van der Waals surface area contributed by atoms with Crippen molar-refractivity contribution in [2.24, 2.45) is 0 Å². The van der Waals surface area contributed by atoms with Gasteiger partial charge in [-0.05, 0) is 38.8 Å². The molecule has 0 bridgehead atoms. The van der Waals surface area contributed by atoms with Crippen LogP contribution < -0.4 is 5.32 Å². The number of carbonyl (C=O) groups is 1. The molecule has 5 nitrogen and oxygen atoms in total. The molecule has 1 N–H and O–H groups in total. The van der Waals surface area contributed by atoms with Gasteiger partial charge in [0.2, 0.25) is 5.91 Å². The Labute approximate surface area is 140 Å². The van der Waals surface area contributed by atoms with Gasteiger partial charge in [0, 0.05) is 30.6 Å². The molecule has 0 spiro atoms. The summed E-state index contributed by atoms with van der Waals surface area (Å²) in [4.78, 5) is 19.0. The lowest BCUT2D eigenvalue weighted by atomic mass is 10.3. The first kappa shape index (κ1) is 16.2. The summed E-state index contributed by atoms with van der Waals surface area (Å²) < 4.78 is 5.32. The van der Waals surface area contributed by atoms with E-state index in [-0.39, 0.29) is 5.91 Å². The van der Waals surface area contributed by atoms with Crippen molar-refractivity contribution in [3.8, 4) is 10.8 Å². The number of hydrogen-bond donors (Lipinski definition) is 1. The summed E-state index contributed by atoms with van der Waals surface area (Å²) in [5, 5.41) is 5.74. The molecule has 124 valence electrons. The summed E-state index contributed by atoms with van der Waals surface area (Å²) in [7, 11) is 0. The van der Waals surface area contributed by atoms with Gasteiger partial charge in [0.15, 0.2) is 10.8 Å². The van der Waals surface area contributed by atoms with Crippen molar-refractivity contribution in [1.29, 1.82) is 0 Å². The molecule has 0 radical (unpaired) electrons. The Hall–Kier alpha value is -1.66. The predicted octanol–water partition coefficient (Wildman–Crippen LogP) is 2.93. The molecule has 2 aromatic rings. The van der Waals surface area contributed by atoms with E-state index in [1.54, 1.807) is 6.26 Å². The molecular weight excluding hydrogens is 310 g/mol. The van der Waals surface area contributed by atoms with Crippen LogP contribution in [0.4, 0.5) is 0 Å². The number of nitrogens with zero attached hydrogens (tertiary/aromatic N) is 2. The number of aromatic nitrogens is 1. The minimum atomic E-state index is 0.0285. The molecule has 1 aliphatic carbocycles. The average Bonchev–Trinajstić information content (AvgIpc) is 3.01. The molecule has 1 aliphatic rings. The molecule has 1 fully saturated rings. The van der Waals surface area contributed by atoms with Crippen LogP contribution in [0, 0.1) is 0 Å². The largest absolute Gasteiger partial charge is 0.462 e. The van der Waals surface area contributed by atoms with Crippen LogP contribution >= 0.6 is 11.3 Å². The zero-order chi connectivity index (χ0) is 16.2. The highest BCUT2D eigenvalue weighted by Crippen LogP contribution is 2.28. The topological polar surface area (TPSA) is 58.4 Å². The Balaban J connectivity index is 1.44. The predicted molar refractivity (Wildman–Crippen MR) is 91.4 cm³/mol. The van der Waals surface area contributed by atoms with Crippen molar-refractivity contribution < 1.29 is 9.21 Å². The molecule has 2 aromatic heterocycles. The minimum Gasteiger partial charge on any atom is -0.462 e. The Kier molecular flexibility index (Phi) is 5.13. The number of nitrogens with one attached hydrogen (secondary N) is 1. The monoisotopic (exact) mass is 333 g/mol. The zero-order valence-electron chi connectivity index (χ0n) is 13.6. The Morgan fingerprint density at radius 2 is 2.35 bits per heavy atom. The van der Waals surface area contributed by atoms with Crippen LogP contribution in [0.25, 0.3) is 10.8 Å². The Morgan fingerprint density at radius 1 is 1.52 bits per heavy atom. The van der Waals surface area contributed by atoms with Gasteiger partial charge in [-0.1, -0.05) is 0 Å². The van der Waals surface area contributed by atoms with Gasteiger partial charge in [0.1, 0.15) is 0 Å². The molecule has 6 heteroatoms. The smallest absolute Gasteiger partial charge is 0.226 e. The van der Waals surface area contributed by atoms with Crippen molar-refractivity contribution in [3.63, 3.8) is 0 Å². The van der Waals surface area contributed by atoms with Gasteiger partial charge >= 0.3 is 0 Å². The summed E-state index contributed by atoms with van der Waals surface area (Å²) in [5.74, 6) is 0.777. The van der Waals surface area contributed by atoms with Crippen LogP contribution in [0.1, 0.15) is 32.4 Å². The molecule has 0 saturated heterocycles. The van der Waals surface area contributed by atoms with Crippen molar-refractivity contribution in [2.75, 3.05) is 13.1 Å². The number of thiazole rings is 1. The van der Waals surface area contributed by atoms with Crippen LogP contribution in [0.3, 0.4) is 0 Å². The number of carbonyl (C=O) groups excluding carboxylic acids is 1. The highest BCUT2D eigenvalue weighted by atomic mass is 32.1. The van der Waals surface area contributed by atoms with Gasteiger partial charge in [-0.3, -0.25) is 9.69 Å². The maximum atomic E-state index is 12.1. The summed E-state index contributed by atoms with van der Waals surface area (Å²) in [5.41, 5.74) is 0.793. The van der Waals surface area contributed by atoms with Crippen LogP contribution in [-0.2, 0) is 11.2 Å². The van der Waals surface area contributed by atoms with Crippen molar-refractivity contribution >= 4 is 17.2 Å². The molecule has 0 unspecified atom stereocenters. The second kappa shape index (κ2) is 7.27. The number of furan rings is 1. The average molecular weight is 333 g/mol. The first-order valence-corrected chi connectivity index (χ1v) is 9.02. The van der Waals surface area contributed by atoms with Gasteiger partial charge in [-0.25, -0.2) is 4.98 Å². The van der Waals surface area contributed by atoms with Gasteiger partial charge in [-0.2, -0.15) is 0 Å². The molecule has 0 aliphatic heterocycles. The first-order valence-electron chi connectivity index (χ1n) is 8.14. The lowest BCUT2D eigenvalue weighted by Crippen LogP contribution is -2.40. The molecule has 2 heterocycles. The van der Waals surface area contributed by atoms with E-state index in [0.29, 0.717) is 19.0 Å². The molecule has 0 aromatic carbocycles. The van der Waals surface area contributed by atoms with E-state index in [1.807, 2.05) is 17.5 Å². The lowest BCUT2D eigenvalue weighted by Gasteiger charge is -2.26. The van der Waals surface area contributed by atoms with E-state index in [1.165, 1.54) is 24.2 Å². The fourth-order valence-electron chi connectivity index (χ4n) is 2.72. The lowest BCUT2D eigenvalue weighted by molar-refractivity contribution is -0.120. The van der Waals surface area contributed by atoms with Crippen molar-refractivity contribution in [1.82, 2.24) is 15.2 Å². The maximum Gasteiger partial charge on any atom is 0.226 e. The molecular formula is C17H23N3O2S. The third-order valence-electron chi connectivity index (χ3n) is 4.00. The molecule has 1 amide bonds. The summed E-state index contributed by atoms with van der Waals surface area (Å²) in [6.07, 6.45) is 4.53. The van der Waals surface area contributed by atoms with Gasteiger partial charge in [-0.15, -0.1) is 11.3 Å². The zero-order valence-corrected chi connectivity index (χ0v) is 14.4. The Bertz CT molecular complexity index is 630. The van der Waals surface area contributed by atoms with Crippen molar-refractivity contribution in [2.45, 2.75) is 45.2 Å². The second-order valence-electron chi connectivity index (χ2n) is 6.21. The fourth-order valence-corrected chi connectivity index (χ4v) is 3.51. The summed E-state index contributed by atoms with van der Waals surface area (Å²) >= 11 is 1.50. The van der Waals surface area contributed by atoms with Crippen LogP contribution in [-0.4, -0.2) is 41.0 Å². The standard InChI is InChI=1S/C17H23N3O2S/c1-12(2)20(14-5-6-14)8-7-18-16(21)10-13-11-23-17(19-13)15-4-3-9-22-15/h3-4,9,11-12,14H,5-8,10H2,1-2H3,(H,18,21). The number of amides is 1. The second-order valence-corrected chi connectivity index (χ2v) is 7.07. The quantitative estimate of drug-likeness (QED) is 0.807. The number of rotatable bonds is 8. The van der Waals surface area contributed by atoms with E-state index in [4.69, 9.17) is 4.42 Å². The van der Waals surface area contributed by atoms with Gasteiger partial charge in [0.25, 0.3) is 0 Å². The Morgan fingerprint density at radius 3 is 3.00 bits per heavy atom. The van der Waals surface area contributed by atoms with Crippen LogP contribution in [0.2, 0.25) is 0 Å². The molecule has 3 rings (SSSR count). The van der Waals surface area contributed by atoms with E-state index in [2.05, 4.69) is 29.0 Å². The van der Waals surface area contributed by atoms with Gasteiger partial charge in [0.05, 0.1) is 18.4 Å². The molecule has 0 atom stereocenters. The third-order valence-corrected chi connectivity index (χ3v) is 4.90. The SMILES string of the molecule is CC(C)N(CCNC(=O)Cc1csc(-c2ccco2)n1)C1CC1.